The first kappa shape index (κ1) is 34.5. The van der Waals surface area contributed by atoms with Gasteiger partial charge in [-0.1, -0.05) is 64.8 Å². The first-order valence-corrected chi connectivity index (χ1v) is 16.9. The first-order chi connectivity index (χ1) is 19.8. The normalized spacial score (nSPS) is 11.6. The zero-order chi connectivity index (χ0) is 31.2. The molecule has 0 unspecified atom stereocenters. The second-order valence-corrected chi connectivity index (χ2v) is 14.3. The van der Waals surface area contributed by atoms with Gasteiger partial charge >= 0.3 is 0 Å². The zero-order valence-corrected chi connectivity index (χ0v) is 30.4. The van der Waals surface area contributed by atoms with Crippen LogP contribution in [0.2, 0.25) is 0 Å². The van der Waals surface area contributed by atoms with Crippen LogP contribution in [-0.4, -0.2) is 20.4 Å². The number of rotatable bonds is 8. The Morgan fingerprint density at radius 3 is 1.05 bits per heavy atom. The van der Waals surface area contributed by atoms with Crippen LogP contribution >= 0.6 is 63.7 Å². The smallest absolute Gasteiger partial charge is 0.143 e. The molecule has 4 rings (SSSR count). The number of halogens is 4. The lowest BCUT2D eigenvalue weighted by atomic mass is 9.68. The van der Waals surface area contributed by atoms with Crippen molar-refractivity contribution >= 4 is 63.7 Å². The summed E-state index contributed by atoms with van der Waals surface area (Å²) in [5, 5.41) is 38.8. The third-order valence-electron chi connectivity index (χ3n) is 7.67. The van der Waals surface area contributed by atoms with E-state index in [1.54, 1.807) is 24.3 Å². The molecule has 4 aromatic rings. The van der Waals surface area contributed by atoms with Crippen LogP contribution in [0, 0.1) is 0 Å². The number of hydrogen-bond acceptors (Lipinski definition) is 4. The number of hydrogen-bond donors (Lipinski definition) is 4. The van der Waals surface area contributed by atoms with Crippen LogP contribution in [0.5, 0.6) is 23.0 Å². The SMILES string of the molecule is CC(C)(c1cc(Br)c(O)c(Br)c1)c1cc(Br)c(O)c(Br)c1.CCCC(CCC)(c1ccc(O)cc1)c1ccc(O)cc1. The van der Waals surface area contributed by atoms with Crippen molar-refractivity contribution in [1.29, 1.82) is 0 Å². The van der Waals surface area contributed by atoms with Crippen molar-refractivity contribution in [3.05, 3.63) is 113 Å². The van der Waals surface area contributed by atoms with Gasteiger partial charge in [0.15, 0.2) is 0 Å². The van der Waals surface area contributed by atoms with E-state index >= 15 is 0 Å². The minimum Gasteiger partial charge on any atom is -0.508 e. The average Bonchev–Trinajstić information content (AvgIpc) is 2.95. The van der Waals surface area contributed by atoms with Gasteiger partial charge in [-0.3, -0.25) is 0 Å². The third-order valence-corrected chi connectivity index (χ3v) is 10.1. The van der Waals surface area contributed by atoms with Crippen molar-refractivity contribution in [1.82, 2.24) is 0 Å². The van der Waals surface area contributed by atoms with Gasteiger partial charge in [0.2, 0.25) is 0 Å². The maximum Gasteiger partial charge on any atom is 0.143 e. The zero-order valence-electron chi connectivity index (χ0n) is 24.1. The van der Waals surface area contributed by atoms with Gasteiger partial charge in [0.1, 0.15) is 23.0 Å². The van der Waals surface area contributed by atoms with E-state index in [0.717, 1.165) is 36.8 Å². The van der Waals surface area contributed by atoms with Crippen molar-refractivity contribution in [3.63, 3.8) is 0 Å². The molecular formula is C34H36Br4O4. The molecule has 4 nitrogen and oxygen atoms in total. The van der Waals surface area contributed by atoms with E-state index < -0.39 is 0 Å². The van der Waals surface area contributed by atoms with Gasteiger partial charge in [0.25, 0.3) is 0 Å². The van der Waals surface area contributed by atoms with Crippen molar-refractivity contribution < 1.29 is 20.4 Å². The van der Waals surface area contributed by atoms with Crippen LogP contribution in [0.1, 0.15) is 75.6 Å². The quantitative estimate of drug-likeness (QED) is 0.143. The minimum atomic E-state index is -0.308. The second-order valence-electron chi connectivity index (χ2n) is 10.9. The van der Waals surface area contributed by atoms with E-state index in [1.807, 2.05) is 48.5 Å². The van der Waals surface area contributed by atoms with E-state index in [0.29, 0.717) is 29.4 Å². The molecule has 0 aliphatic carbocycles. The lowest BCUT2D eigenvalue weighted by Gasteiger charge is -2.35. The fourth-order valence-electron chi connectivity index (χ4n) is 5.30. The molecule has 8 heteroatoms. The topological polar surface area (TPSA) is 80.9 Å². The molecule has 0 spiro atoms. The van der Waals surface area contributed by atoms with Gasteiger partial charge in [0, 0.05) is 10.8 Å². The standard InChI is InChI=1S/C19H24O2.C15H12Br4O2/c1-3-13-19(14-4-2,15-5-9-17(20)10-6-15)16-7-11-18(21)12-8-16;1-15(2,7-3-9(16)13(20)10(17)4-7)8-5-11(18)14(21)12(19)6-8/h5-12,20-21H,3-4,13-14H2,1-2H3;3-6,20-21H,1-2H3. The fourth-order valence-corrected chi connectivity index (χ4v) is 7.68. The molecule has 224 valence electrons. The molecule has 0 saturated carbocycles. The highest BCUT2D eigenvalue weighted by Crippen LogP contribution is 2.44. The maximum absolute atomic E-state index is 9.85. The van der Waals surface area contributed by atoms with E-state index in [1.165, 1.54) is 11.1 Å². The van der Waals surface area contributed by atoms with E-state index in [9.17, 15) is 20.4 Å². The number of phenolic OH excluding ortho intramolecular Hbond substituents is 4. The van der Waals surface area contributed by atoms with Crippen LogP contribution in [0.3, 0.4) is 0 Å². The van der Waals surface area contributed by atoms with Crippen LogP contribution in [0.15, 0.2) is 90.7 Å². The Kier molecular flexibility index (Phi) is 12.0. The highest BCUT2D eigenvalue weighted by molar-refractivity contribution is 9.11. The summed E-state index contributed by atoms with van der Waals surface area (Å²) < 4.78 is 2.54. The summed E-state index contributed by atoms with van der Waals surface area (Å²) in [6, 6.07) is 22.7. The van der Waals surface area contributed by atoms with Crippen molar-refractivity contribution in [2.45, 2.75) is 64.2 Å². The molecule has 4 N–H and O–H groups in total. The molecule has 0 aliphatic rings. The van der Waals surface area contributed by atoms with Crippen molar-refractivity contribution in [2.24, 2.45) is 0 Å². The maximum atomic E-state index is 9.85. The van der Waals surface area contributed by atoms with E-state index in [4.69, 9.17) is 0 Å². The van der Waals surface area contributed by atoms with Gasteiger partial charge in [-0.25, -0.2) is 0 Å². The Labute approximate surface area is 282 Å². The van der Waals surface area contributed by atoms with Crippen LogP contribution in [0.4, 0.5) is 0 Å². The Morgan fingerprint density at radius 2 is 0.786 bits per heavy atom. The van der Waals surface area contributed by atoms with Gasteiger partial charge in [-0.2, -0.15) is 0 Å². The van der Waals surface area contributed by atoms with Gasteiger partial charge in [0.05, 0.1) is 17.9 Å². The van der Waals surface area contributed by atoms with Gasteiger partial charge in [-0.15, -0.1) is 0 Å². The Balaban J connectivity index is 0.000000230. The van der Waals surface area contributed by atoms with Crippen LogP contribution in [0.25, 0.3) is 0 Å². The van der Waals surface area contributed by atoms with E-state index in [2.05, 4.69) is 91.4 Å². The average molecular weight is 828 g/mol. The molecule has 0 fully saturated rings. The molecule has 0 radical (unpaired) electrons. The predicted molar refractivity (Wildman–Crippen MR) is 186 cm³/mol. The molecule has 0 amide bonds. The summed E-state index contributed by atoms with van der Waals surface area (Å²) in [6.07, 6.45) is 4.27. The summed E-state index contributed by atoms with van der Waals surface area (Å²) in [4.78, 5) is 0. The number of benzene rings is 4. The Morgan fingerprint density at radius 1 is 0.500 bits per heavy atom. The monoisotopic (exact) mass is 824 g/mol. The largest absolute Gasteiger partial charge is 0.508 e. The van der Waals surface area contributed by atoms with Crippen LogP contribution < -0.4 is 0 Å². The highest BCUT2D eigenvalue weighted by atomic mass is 79.9. The Hall–Kier alpha value is -2.00. The molecule has 0 saturated heterocycles. The fraction of sp³-hybridized carbons (Fsp3) is 0.294. The van der Waals surface area contributed by atoms with E-state index in [-0.39, 0.29) is 22.3 Å². The molecule has 42 heavy (non-hydrogen) atoms. The summed E-state index contributed by atoms with van der Waals surface area (Å²) >= 11 is 13.5. The summed E-state index contributed by atoms with van der Waals surface area (Å²) in [5.41, 5.74) is 4.17. The lowest BCUT2D eigenvalue weighted by Crippen LogP contribution is -2.27. The molecule has 0 aliphatic heterocycles. The molecule has 0 aromatic heterocycles. The molecular weight excluding hydrogens is 792 g/mol. The number of aromatic hydroxyl groups is 4. The highest BCUT2D eigenvalue weighted by Gasteiger charge is 2.32. The predicted octanol–water partition coefficient (Wildman–Crippen LogP) is 11.5. The summed E-state index contributed by atoms with van der Waals surface area (Å²) in [6.45, 7) is 8.57. The summed E-state index contributed by atoms with van der Waals surface area (Å²) in [7, 11) is 0. The van der Waals surface area contributed by atoms with Crippen molar-refractivity contribution in [2.75, 3.05) is 0 Å². The third kappa shape index (κ3) is 7.74. The van der Waals surface area contributed by atoms with Crippen LogP contribution in [-0.2, 0) is 10.8 Å². The van der Waals surface area contributed by atoms with Gasteiger partial charge < -0.3 is 20.4 Å². The Bertz CT molecular complexity index is 1340. The van der Waals surface area contributed by atoms with Crippen molar-refractivity contribution in [3.8, 4) is 23.0 Å². The second kappa shape index (κ2) is 14.7. The number of phenols is 4. The molecule has 0 heterocycles. The lowest BCUT2D eigenvalue weighted by molar-refractivity contribution is 0.422. The molecule has 4 aromatic carbocycles. The summed E-state index contributed by atoms with van der Waals surface area (Å²) in [5.74, 6) is 0.961. The minimum absolute atomic E-state index is 0.0507. The molecule has 0 bridgehead atoms. The van der Waals surface area contributed by atoms with Gasteiger partial charge in [-0.05, 0) is 147 Å². The first-order valence-electron chi connectivity index (χ1n) is 13.7. The molecule has 0 atom stereocenters.